The van der Waals surface area contributed by atoms with Gasteiger partial charge in [0.1, 0.15) is 0 Å². The molecule has 1 amide bonds. The Bertz CT molecular complexity index is 479. The highest BCUT2D eigenvalue weighted by Crippen LogP contribution is 2.22. The number of carbonyl (C=O) groups excluding carboxylic acids is 1. The van der Waals surface area contributed by atoms with E-state index in [4.69, 9.17) is 5.84 Å². The summed E-state index contributed by atoms with van der Waals surface area (Å²) in [5.74, 6) is 4.93. The van der Waals surface area contributed by atoms with Gasteiger partial charge in [-0.15, -0.1) is 0 Å². The van der Waals surface area contributed by atoms with Crippen LogP contribution in [0.1, 0.15) is 38.3 Å². The molecule has 0 aliphatic heterocycles. The van der Waals surface area contributed by atoms with E-state index >= 15 is 0 Å². The summed E-state index contributed by atoms with van der Waals surface area (Å²) in [6.07, 6.45) is 1.02. The quantitative estimate of drug-likeness (QED) is 0.435. The Balaban J connectivity index is 2.34. The van der Waals surface area contributed by atoms with Crippen molar-refractivity contribution in [3.63, 3.8) is 0 Å². The van der Waals surface area contributed by atoms with Gasteiger partial charge in [0.25, 0.3) is 0 Å². The van der Waals surface area contributed by atoms with E-state index in [9.17, 15) is 4.79 Å². The highest BCUT2D eigenvalue weighted by Gasteiger charge is 2.13. The van der Waals surface area contributed by atoms with Gasteiger partial charge in [0.15, 0.2) is 0 Å². The fraction of sp³-hybridized carbons (Fsp3) is 0.611. The monoisotopic (exact) mass is 320 g/mol. The molecule has 0 spiro atoms. The first-order chi connectivity index (χ1) is 10.7. The number of nitrogens with zero attached hydrogens (tertiary/aromatic N) is 2. The third-order valence-corrected chi connectivity index (χ3v) is 3.93. The Morgan fingerprint density at radius 1 is 1.09 bits per heavy atom. The number of carbonyl (C=O) groups is 1. The number of rotatable bonds is 8. The van der Waals surface area contributed by atoms with Crippen LogP contribution in [0.25, 0.3) is 0 Å². The van der Waals surface area contributed by atoms with E-state index < -0.39 is 0 Å². The van der Waals surface area contributed by atoms with E-state index in [1.165, 1.54) is 11.1 Å². The van der Waals surface area contributed by atoms with E-state index in [0.717, 1.165) is 26.1 Å². The minimum Gasteiger partial charge on any atom is -0.302 e. The number of likely N-dealkylation sites (N-methyl/N-ethyl adjacent to an activating group) is 1. The first-order valence-corrected chi connectivity index (χ1v) is 8.18. The largest absolute Gasteiger partial charge is 0.302 e. The van der Waals surface area contributed by atoms with Crippen LogP contribution in [0.5, 0.6) is 0 Å². The molecule has 0 atom stereocenters. The van der Waals surface area contributed by atoms with E-state index in [-0.39, 0.29) is 11.3 Å². The first-order valence-electron chi connectivity index (χ1n) is 8.18. The number of benzene rings is 1. The molecule has 0 saturated heterocycles. The van der Waals surface area contributed by atoms with Crippen molar-refractivity contribution in [2.45, 2.75) is 39.2 Å². The minimum atomic E-state index is -0.153. The number of hydrogen-bond donors (Lipinski definition) is 2. The number of nitrogens with two attached hydrogens (primary N) is 1. The van der Waals surface area contributed by atoms with Gasteiger partial charge in [0.05, 0.1) is 6.54 Å². The Labute approximate surface area is 140 Å². The number of hydrazine groups is 1. The van der Waals surface area contributed by atoms with Crippen molar-refractivity contribution < 1.29 is 4.79 Å². The highest BCUT2D eigenvalue weighted by molar-refractivity contribution is 5.77. The second-order valence-electron chi connectivity index (χ2n) is 7.34. The zero-order valence-corrected chi connectivity index (χ0v) is 15.2. The van der Waals surface area contributed by atoms with Crippen LogP contribution in [0.4, 0.5) is 0 Å². The summed E-state index contributed by atoms with van der Waals surface area (Å²) in [5.41, 5.74) is 5.05. The molecule has 1 aromatic rings. The lowest BCUT2D eigenvalue weighted by atomic mass is 9.87. The van der Waals surface area contributed by atoms with Gasteiger partial charge in [-0.3, -0.25) is 15.1 Å². The average Bonchev–Trinajstić information content (AvgIpc) is 2.46. The summed E-state index contributed by atoms with van der Waals surface area (Å²) in [4.78, 5) is 15.5. The first kappa shape index (κ1) is 19.6. The predicted octanol–water partition coefficient (Wildman–Crippen LogP) is 1.73. The molecule has 0 fully saturated rings. The molecule has 0 bridgehead atoms. The molecule has 0 radical (unpaired) electrons. The Morgan fingerprint density at radius 3 is 2.17 bits per heavy atom. The molecule has 0 aliphatic carbocycles. The number of nitrogens with one attached hydrogen (secondary N) is 1. The van der Waals surface area contributed by atoms with Crippen molar-refractivity contribution in [3.8, 4) is 0 Å². The van der Waals surface area contributed by atoms with E-state index in [0.29, 0.717) is 6.54 Å². The normalized spacial score (nSPS) is 12.0. The maximum absolute atomic E-state index is 11.2. The zero-order valence-electron chi connectivity index (χ0n) is 15.2. The summed E-state index contributed by atoms with van der Waals surface area (Å²) < 4.78 is 0. The van der Waals surface area contributed by atoms with Gasteiger partial charge in [-0.05, 0) is 50.1 Å². The molecule has 5 heteroatoms. The van der Waals surface area contributed by atoms with Crippen LogP contribution in [0.3, 0.4) is 0 Å². The molecule has 0 aromatic heterocycles. The van der Waals surface area contributed by atoms with Crippen molar-refractivity contribution in [2.75, 3.05) is 33.7 Å². The van der Waals surface area contributed by atoms with Crippen molar-refractivity contribution >= 4 is 5.91 Å². The maximum atomic E-state index is 11.2. The summed E-state index contributed by atoms with van der Waals surface area (Å²) in [6, 6.07) is 8.88. The second-order valence-corrected chi connectivity index (χ2v) is 7.34. The van der Waals surface area contributed by atoms with Crippen molar-refractivity contribution in [3.05, 3.63) is 35.4 Å². The molecule has 0 saturated carbocycles. The topological polar surface area (TPSA) is 61.6 Å². The highest BCUT2D eigenvalue weighted by atomic mass is 16.2. The van der Waals surface area contributed by atoms with Gasteiger partial charge < -0.3 is 4.90 Å². The molecule has 23 heavy (non-hydrogen) atoms. The molecule has 0 heterocycles. The standard InChI is InChI=1S/C18H32N4O/c1-18(2,3)16-9-7-15(8-10-16)13-21(4)11-6-12-22(5)14-17(23)20-19/h7-10H,6,11-14,19H2,1-5H3,(H,20,23). The molecule has 1 aromatic carbocycles. The Morgan fingerprint density at radius 2 is 1.65 bits per heavy atom. The third-order valence-electron chi connectivity index (χ3n) is 3.93. The van der Waals surface area contributed by atoms with Crippen LogP contribution >= 0.6 is 0 Å². The van der Waals surface area contributed by atoms with Crippen molar-refractivity contribution in [1.82, 2.24) is 15.2 Å². The van der Waals surface area contributed by atoms with Gasteiger partial charge in [-0.1, -0.05) is 45.0 Å². The maximum Gasteiger partial charge on any atom is 0.248 e. The molecule has 0 unspecified atom stereocenters. The zero-order chi connectivity index (χ0) is 17.5. The van der Waals surface area contributed by atoms with Gasteiger partial charge in [-0.2, -0.15) is 0 Å². The van der Waals surface area contributed by atoms with E-state index in [2.05, 4.69) is 62.4 Å². The second kappa shape index (κ2) is 9.01. The van der Waals surface area contributed by atoms with E-state index in [1.807, 2.05) is 11.9 Å². The van der Waals surface area contributed by atoms with Crippen LogP contribution in [-0.2, 0) is 16.8 Å². The van der Waals surface area contributed by atoms with Gasteiger partial charge in [-0.25, -0.2) is 5.84 Å². The SMILES string of the molecule is CN(CCCN(C)Cc1ccc(C(C)(C)C)cc1)CC(=O)NN. The molecule has 1 rings (SSSR count). The molecule has 0 aliphatic rings. The van der Waals surface area contributed by atoms with Gasteiger partial charge in [0, 0.05) is 6.54 Å². The lowest BCUT2D eigenvalue weighted by Crippen LogP contribution is -2.39. The summed E-state index contributed by atoms with van der Waals surface area (Å²) >= 11 is 0. The fourth-order valence-electron chi connectivity index (χ4n) is 2.48. The lowest BCUT2D eigenvalue weighted by Gasteiger charge is -2.21. The molecule has 5 nitrogen and oxygen atoms in total. The van der Waals surface area contributed by atoms with E-state index in [1.54, 1.807) is 0 Å². The van der Waals surface area contributed by atoms with Crippen LogP contribution < -0.4 is 11.3 Å². The smallest absolute Gasteiger partial charge is 0.248 e. The molecule has 3 N–H and O–H groups in total. The van der Waals surface area contributed by atoms with Crippen LogP contribution in [0.2, 0.25) is 0 Å². The summed E-state index contributed by atoms with van der Waals surface area (Å²) in [6.45, 7) is 9.85. The van der Waals surface area contributed by atoms with Crippen LogP contribution in [0, 0.1) is 0 Å². The van der Waals surface area contributed by atoms with Gasteiger partial charge in [0.2, 0.25) is 5.91 Å². The Hall–Kier alpha value is -1.43. The van der Waals surface area contributed by atoms with Crippen LogP contribution in [0.15, 0.2) is 24.3 Å². The predicted molar refractivity (Wildman–Crippen MR) is 95.9 cm³/mol. The number of amides is 1. The third kappa shape index (κ3) is 7.59. The van der Waals surface area contributed by atoms with Gasteiger partial charge >= 0.3 is 0 Å². The summed E-state index contributed by atoms with van der Waals surface area (Å²) in [7, 11) is 4.06. The van der Waals surface area contributed by atoms with Crippen molar-refractivity contribution in [1.29, 1.82) is 0 Å². The minimum absolute atomic E-state index is 0.153. The molecule has 130 valence electrons. The van der Waals surface area contributed by atoms with Crippen LogP contribution in [-0.4, -0.2) is 49.4 Å². The molecular weight excluding hydrogens is 288 g/mol. The average molecular weight is 320 g/mol. The molecular formula is C18H32N4O. The summed E-state index contributed by atoms with van der Waals surface area (Å²) in [5, 5.41) is 0. The lowest BCUT2D eigenvalue weighted by molar-refractivity contribution is -0.122. The fourth-order valence-corrected chi connectivity index (χ4v) is 2.48. The number of hydrogen-bond acceptors (Lipinski definition) is 4. The Kier molecular flexibility index (Phi) is 7.68. The van der Waals surface area contributed by atoms with Crippen molar-refractivity contribution in [2.24, 2.45) is 5.84 Å².